The Morgan fingerprint density at radius 3 is 2.57 bits per heavy atom. The molecule has 0 amide bonds. The van der Waals surface area contributed by atoms with Gasteiger partial charge >= 0.3 is 0 Å². The molecule has 1 N–H and O–H groups in total. The van der Waals surface area contributed by atoms with Crippen LogP contribution in [0.5, 0.6) is 0 Å². The Kier molecular flexibility index (Phi) is 4.24. The number of allylic oxidation sites excluding steroid dienone is 1. The molecule has 0 spiro atoms. The molecule has 0 saturated heterocycles. The van der Waals surface area contributed by atoms with E-state index in [9.17, 15) is 0 Å². The Bertz CT molecular complexity index is 274. The van der Waals surface area contributed by atoms with Crippen LogP contribution in [-0.2, 0) is 0 Å². The number of hydrogen-bond acceptors (Lipinski definition) is 1. The molecule has 1 aromatic carbocycles. The van der Waals surface area contributed by atoms with Crippen molar-refractivity contribution in [3.8, 4) is 0 Å². The highest BCUT2D eigenvalue weighted by atomic mass is 14.9. The first kappa shape index (κ1) is 10.8. The summed E-state index contributed by atoms with van der Waals surface area (Å²) in [6, 6.07) is 9.01. The van der Waals surface area contributed by atoms with E-state index in [0.717, 1.165) is 12.8 Å². The maximum atomic E-state index is 3.72. The van der Waals surface area contributed by atoms with Gasteiger partial charge in [-0.05, 0) is 38.8 Å². The van der Waals surface area contributed by atoms with Gasteiger partial charge in [-0.3, -0.25) is 0 Å². The topological polar surface area (TPSA) is 12.0 Å². The summed E-state index contributed by atoms with van der Waals surface area (Å²) in [5, 5.41) is 3.46. The lowest BCUT2D eigenvalue weighted by Gasteiger charge is -2.14. The van der Waals surface area contributed by atoms with E-state index in [1.165, 1.54) is 11.3 Å². The van der Waals surface area contributed by atoms with Crippen molar-refractivity contribution >= 4 is 5.69 Å². The molecule has 0 bridgehead atoms. The fourth-order valence-electron chi connectivity index (χ4n) is 1.37. The van der Waals surface area contributed by atoms with Gasteiger partial charge in [0.25, 0.3) is 0 Å². The third kappa shape index (κ3) is 3.65. The number of nitrogens with one attached hydrogen (secondary N) is 1. The van der Waals surface area contributed by atoms with Crippen molar-refractivity contribution in [2.24, 2.45) is 0 Å². The van der Waals surface area contributed by atoms with Crippen molar-refractivity contribution in [2.45, 2.75) is 32.7 Å². The van der Waals surface area contributed by atoms with Crippen molar-refractivity contribution in [2.75, 3.05) is 5.32 Å². The predicted octanol–water partition coefficient (Wildman–Crippen LogP) is 3.76. The molecule has 14 heavy (non-hydrogen) atoms. The van der Waals surface area contributed by atoms with Gasteiger partial charge in [0.15, 0.2) is 0 Å². The predicted molar refractivity (Wildman–Crippen MR) is 63.7 cm³/mol. The van der Waals surface area contributed by atoms with Gasteiger partial charge in [0.2, 0.25) is 0 Å². The zero-order chi connectivity index (χ0) is 10.4. The lowest BCUT2D eigenvalue weighted by atomic mass is 10.1. The molecule has 0 unspecified atom stereocenters. The van der Waals surface area contributed by atoms with Gasteiger partial charge in [0.1, 0.15) is 0 Å². The zero-order valence-corrected chi connectivity index (χ0v) is 9.09. The minimum absolute atomic E-state index is 0.510. The van der Waals surface area contributed by atoms with Crippen molar-refractivity contribution < 1.29 is 0 Å². The molecule has 1 rings (SSSR count). The molecule has 0 aromatic heterocycles. The second-order valence-corrected chi connectivity index (χ2v) is 3.78. The largest absolute Gasteiger partial charge is 0.383 e. The van der Waals surface area contributed by atoms with Crippen LogP contribution in [0.2, 0.25) is 0 Å². The lowest BCUT2D eigenvalue weighted by Crippen LogP contribution is -2.14. The van der Waals surface area contributed by atoms with Crippen LogP contribution in [0.15, 0.2) is 36.9 Å². The van der Waals surface area contributed by atoms with Crippen LogP contribution >= 0.6 is 0 Å². The van der Waals surface area contributed by atoms with Crippen LogP contribution in [0.3, 0.4) is 0 Å². The summed E-state index contributed by atoms with van der Waals surface area (Å²) in [4.78, 5) is 0. The summed E-state index contributed by atoms with van der Waals surface area (Å²) in [6.07, 6.45) is 4.17. The first-order chi connectivity index (χ1) is 6.72. The Morgan fingerprint density at radius 1 is 1.36 bits per heavy atom. The van der Waals surface area contributed by atoms with E-state index in [0.29, 0.717) is 6.04 Å². The SMILES string of the molecule is C=CCC[C@@H](C)Nc1ccc(C)cc1. The number of benzene rings is 1. The van der Waals surface area contributed by atoms with Crippen LogP contribution in [-0.4, -0.2) is 6.04 Å². The Hall–Kier alpha value is -1.24. The van der Waals surface area contributed by atoms with Crippen molar-refractivity contribution in [1.82, 2.24) is 0 Å². The summed E-state index contributed by atoms with van der Waals surface area (Å²) in [5.41, 5.74) is 2.50. The van der Waals surface area contributed by atoms with Crippen LogP contribution in [0.25, 0.3) is 0 Å². The molecule has 76 valence electrons. The van der Waals surface area contributed by atoms with Gasteiger partial charge in [-0.25, -0.2) is 0 Å². The summed E-state index contributed by atoms with van der Waals surface area (Å²) >= 11 is 0. The summed E-state index contributed by atoms with van der Waals surface area (Å²) in [6.45, 7) is 8.02. The van der Waals surface area contributed by atoms with E-state index in [2.05, 4.69) is 50.0 Å². The standard InChI is InChI=1S/C13H19N/c1-4-5-6-12(3)14-13-9-7-11(2)8-10-13/h4,7-10,12,14H,1,5-6H2,2-3H3/t12-/m1/s1. The molecule has 0 fully saturated rings. The molecular weight excluding hydrogens is 170 g/mol. The second kappa shape index (κ2) is 5.48. The quantitative estimate of drug-likeness (QED) is 0.695. The van der Waals surface area contributed by atoms with Gasteiger partial charge in [-0.2, -0.15) is 0 Å². The summed E-state index contributed by atoms with van der Waals surface area (Å²) in [5.74, 6) is 0. The molecule has 1 nitrogen and oxygen atoms in total. The second-order valence-electron chi connectivity index (χ2n) is 3.78. The highest BCUT2D eigenvalue weighted by Crippen LogP contribution is 2.11. The van der Waals surface area contributed by atoms with E-state index >= 15 is 0 Å². The Balaban J connectivity index is 2.43. The third-order valence-electron chi connectivity index (χ3n) is 2.27. The fourth-order valence-corrected chi connectivity index (χ4v) is 1.37. The average molecular weight is 189 g/mol. The number of rotatable bonds is 5. The molecule has 0 saturated carbocycles. The molecule has 1 atom stereocenters. The molecule has 1 aromatic rings. The monoisotopic (exact) mass is 189 g/mol. The first-order valence-electron chi connectivity index (χ1n) is 5.16. The van der Waals surface area contributed by atoms with E-state index in [4.69, 9.17) is 0 Å². The summed E-state index contributed by atoms with van der Waals surface area (Å²) < 4.78 is 0. The first-order valence-corrected chi connectivity index (χ1v) is 5.16. The zero-order valence-electron chi connectivity index (χ0n) is 9.09. The van der Waals surface area contributed by atoms with Crippen LogP contribution in [0.1, 0.15) is 25.3 Å². The number of hydrogen-bond donors (Lipinski definition) is 1. The minimum Gasteiger partial charge on any atom is -0.383 e. The van der Waals surface area contributed by atoms with Gasteiger partial charge in [-0.15, -0.1) is 6.58 Å². The van der Waals surface area contributed by atoms with Crippen molar-refractivity contribution in [3.05, 3.63) is 42.5 Å². The van der Waals surface area contributed by atoms with Crippen LogP contribution in [0, 0.1) is 6.92 Å². The molecule has 1 heteroatoms. The van der Waals surface area contributed by atoms with E-state index in [-0.39, 0.29) is 0 Å². The maximum Gasteiger partial charge on any atom is 0.0342 e. The van der Waals surface area contributed by atoms with E-state index < -0.39 is 0 Å². The molecule has 0 aliphatic heterocycles. The Morgan fingerprint density at radius 2 is 2.00 bits per heavy atom. The van der Waals surface area contributed by atoms with Gasteiger partial charge in [0.05, 0.1) is 0 Å². The molecule has 0 aliphatic rings. The molecule has 0 heterocycles. The van der Waals surface area contributed by atoms with Crippen molar-refractivity contribution in [1.29, 1.82) is 0 Å². The Labute approximate surface area is 86.8 Å². The minimum atomic E-state index is 0.510. The van der Waals surface area contributed by atoms with Crippen LogP contribution < -0.4 is 5.32 Å². The molecule has 0 radical (unpaired) electrons. The maximum absolute atomic E-state index is 3.72. The molecule has 0 aliphatic carbocycles. The number of anilines is 1. The van der Waals surface area contributed by atoms with E-state index in [1.54, 1.807) is 0 Å². The van der Waals surface area contributed by atoms with Crippen molar-refractivity contribution in [3.63, 3.8) is 0 Å². The van der Waals surface area contributed by atoms with Gasteiger partial charge in [-0.1, -0.05) is 23.8 Å². The smallest absolute Gasteiger partial charge is 0.0342 e. The van der Waals surface area contributed by atoms with E-state index in [1.807, 2.05) is 6.08 Å². The lowest BCUT2D eigenvalue weighted by molar-refractivity contribution is 0.719. The number of aryl methyl sites for hydroxylation is 1. The normalized spacial score (nSPS) is 12.1. The van der Waals surface area contributed by atoms with Gasteiger partial charge in [0, 0.05) is 11.7 Å². The fraction of sp³-hybridized carbons (Fsp3) is 0.385. The third-order valence-corrected chi connectivity index (χ3v) is 2.27. The highest BCUT2D eigenvalue weighted by Gasteiger charge is 1.99. The average Bonchev–Trinajstić information content (AvgIpc) is 2.18. The van der Waals surface area contributed by atoms with Crippen LogP contribution in [0.4, 0.5) is 5.69 Å². The summed E-state index contributed by atoms with van der Waals surface area (Å²) in [7, 11) is 0. The highest BCUT2D eigenvalue weighted by molar-refractivity contribution is 5.44. The molecular formula is C13H19N. The van der Waals surface area contributed by atoms with Gasteiger partial charge < -0.3 is 5.32 Å².